The van der Waals surface area contributed by atoms with E-state index >= 15 is 0 Å². The van der Waals surface area contributed by atoms with Crippen molar-refractivity contribution in [2.24, 2.45) is 0 Å². The molecule has 1 aliphatic rings. The third kappa shape index (κ3) is 4.22. The van der Waals surface area contributed by atoms with Gasteiger partial charge in [0.15, 0.2) is 0 Å². The van der Waals surface area contributed by atoms with E-state index in [1.165, 1.54) is 25.0 Å². The van der Waals surface area contributed by atoms with Crippen LogP contribution >= 0.6 is 0 Å². The Labute approximate surface area is 156 Å². The van der Waals surface area contributed by atoms with Crippen LogP contribution in [-0.2, 0) is 11.2 Å². The second-order valence-electron chi connectivity index (χ2n) is 6.87. The molecule has 1 aliphatic carbocycles. The molecule has 0 radical (unpaired) electrons. The predicted octanol–water partition coefficient (Wildman–Crippen LogP) is 4.71. The maximum atomic E-state index is 13.0. The number of nitrogens with one attached hydrogen (secondary N) is 1. The first-order valence-corrected chi connectivity index (χ1v) is 9.16. The van der Waals surface area contributed by atoms with Gasteiger partial charge in [-0.1, -0.05) is 42.3 Å². The molecule has 1 fully saturated rings. The van der Waals surface area contributed by atoms with Gasteiger partial charge in [-0.2, -0.15) is 4.98 Å². The normalized spacial score (nSPS) is 14.4. The number of nitrogens with zero attached hydrogens (tertiary/aromatic N) is 2. The first kappa shape index (κ1) is 17.4. The Morgan fingerprint density at radius 2 is 1.93 bits per heavy atom. The minimum Gasteiger partial charge on any atom is -0.339 e. The molecule has 1 amide bonds. The predicted molar refractivity (Wildman–Crippen MR) is 99.7 cm³/mol. The molecule has 0 bridgehead atoms. The number of carbonyl (C=O) groups is 1. The molecule has 6 heteroatoms. The Kier molecular flexibility index (Phi) is 4.96. The summed E-state index contributed by atoms with van der Waals surface area (Å²) in [7, 11) is 0. The van der Waals surface area contributed by atoms with E-state index in [9.17, 15) is 9.18 Å². The molecule has 2 aromatic carbocycles. The Bertz CT molecular complexity index is 931. The van der Waals surface area contributed by atoms with Crippen LogP contribution in [0.15, 0.2) is 53.1 Å². The standard InChI is InChI=1S/C21H20FN3O2/c22-17-10-8-14(9-11-17)12-19(26)23-18-7-3-6-16(13-18)20-24-21(27-25-20)15-4-1-2-5-15/h3,6-11,13,15H,1-2,4-5,12H2,(H,23,26). The van der Waals surface area contributed by atoms with Crippen molar-refractivity contribution in [3.8, 4) is 11.4 Å². The maximum Gasteiger partial charge on any atom is 0.230 e. The van der Waals surface area contributed by atoms with Gasteiger partial charge < -0.3 is 9.84 Å². The van der Waals surface area contributed by atoms with E-state index in [0.717, 1.165) is 24.0 Å². The van der Waals surface area contributed by atoms with Crippen molar-refractivity contribution >= 4 is 11.6 Å². The lowest BCUT2D eigenvalue weighted by molar-refractivity contribution is -0.115. The number of amides is 1. The van der Waals surface area contributed by atoms with Crippen molar-refractivity contribution in [2.75, 3.05) is 5.32 Å². The summed E-state index contributed by atoms with van der Waals surface area (Å²) in [6, 6.07) is 13.3. The molecule has 0 aliphatic heterocycles. The summed E-state index contributed by atoms with van der Waals surface area (Å²) in [5.74, 6) is 1.12. The number of hydrogen-bond donors (Lipinski definition) is 1. The molecule has 1 N–H and O–H groups in total. The van der Waals surface area contributed by atoms with Crippen molar-refractivity contribution in [1.82, 2.24) is 10.1 Å². The van der Waals surface area contributed by atoms with Crippen molar-refractivity contribution in [2.45, 2.75) is 38.0 Å². The number of rotatable bonds is 5. The Hall–Kier alpha value is -3.02. The molecule has 1 aromatic heterocycles. The second-order valence-corrected chi connectivity index (χ2v) is 6.87. The topological polar surface area (TPSA) is 68.0 Å². The SMILES string of the molecule is O=C(Cc1ccc(F)cc1)Nc1cccc(-c2noc(C3CCCC3)n2)c1. The molecule has 0 unspecified atom stereocenters. The van der Waals surface area contributed by atoms with E-state index in [1.807, 2.05) is 24.3 Å². The quantitative estimate of drug-likeness (QED) is 0.711. The molecule has 138 valence electrons. The Balaban J connectivity index is 1.44. The lowest BCUT2D eigenvalue weighted by Crippen LogP contribution is -2.14. The van der Waals surface area contributed by atoms with Crippen molar-refractivity contribution in [3.63, 3.8) is 0 Å². The van der Waals surface area contributed by atoms with Gasteiger partial charge in [-0.15, -0.1) is 0 Å². The van der Waals surface area contributed by atoms with Gasteiger partial charge in [0.25, 0.3) is 0 Å². The maximum absolute atomic E-state index is 13.0. The van der Waals surface area contributed by atoms with Crippen LogP contribution in [0.1, 0.15) is 43.1 Å². The summed E-state index contributed by atoms with van der Waals surface area (Å²) < 4.78 is 18.4. The number of halogens is 1. The van der Waals surface area contributed by atoms with Gasteiger partial charge in [0.1, 0.15) is 5.82 Å². The van der Waals surface area contributed by atoms with E-state index < -0.39 is 0 Å². The van der Waals surface area contributed by atoms with E-state index in [4.69, 9.17) is 4.52 Å². The molecule has 1 saturated carbocycles. The molecular formula is C21H20FN3O2. The average Bonchev–Trinajstić information content (AvgIpc) is 3.35. The molecular weight excluding hydrogens is 345 g/mol. The molecule has 5 nitrogen and oxygen atoms in total. The minimum atomic E-state index is -0.316. The summed E-state index contributed by atoms with van der Waals surface area (Å²) in [6.45, 7) is 0. The number of carbonyl (C=O) groups excluding carboxylic acids is 1. The first-order valence-electron chi connectivity index (χ1n) is 9.16. The highest BCUT2D eigenvalue weighted by molar-refractivity contribution is 5.92. The third-order valence-corrected chi connectivity index (χ3v) is 4.83. The molecule has 3 aromatic rings. The molecule has 27 heavy (non-hydrogen) atoms. The summed E-state index contributed by atoms with van der Waals surface area (Å²) >= 11 is 0. The van der Waals surface area contributed by atoms with Gasteiger partial charge in [0, 0.05) is 17.2 Å². The monoisotopic (exact) mass is 365 g/mol. The highest BCUT2D eigenvalue weighted by Crippen LogP contribution is 2.34. The van der Waals surface area contributed by atoms with Crippen LogP contribution in [-0.4, -0.2) is 16.0 Å². The van der Waals surface area contributed by atoms with Gasteiger partial charge in [-0.05, 0) is 42.7 Å². The summed E-state index contributed by atoms with van der Waals surface area (Å²) in [4.78, 5) is 16.8. The van der Waals surface area contributed by atoms with Crippen molar-refractivity contribution in [1.29, 1.82) is 0 Å². The minimum absolute atomic E-state index is 0.168. The Morgan fingerprint density at radius 1 is 1.15 bits per heavy atom. The largest absolute Gasteiger partial charge is 0.339 e. The Morgan fingerprint density at radius 3 is 2.70 bits per heavy atom. The van der Waals surface area contributed by atoms with Gasteiger partial charge in [0.05, 0.1) is 6.42 Å². The first-order chi connectivity index (χ1) is 13.2. The van der Waals surface area contributed by atoms with E-state index in [0.29, 0.717) is 23.3 Å². The number of benzene rings is 2. The highest BCUT2D eigenvalue weighted by Gasteiger charge is 2.23. The van der Waals surface area contributed by atoms with Crippen LogP contribution in [0.25, 0.3) is 11.4 Å². The van der Waals surface area contributed by atoms with Crippen LogP contribution in [0.3, 0.4) is 0 Å². The number of anilines is 1. The zero-order valence-corrected chi connectivity index (χ0v) is 14.8. The van der Waals surface area contributed by atoms with Crippen LogP contribution in [0.2, 0.25) is 0 Å². The fourth-order valence-corrected chi connectivity index (χ4v) is 3.42. The summed E-state index contributed by atoms with van der Waals surface area (Å²) in [5.41, 5.74) is 2.21. The van der Waals surface area contributed by atoms with E-state index in [2.05, 4.69) is 15.5 Å². The van der Waals surface area contributed by atoms with Gasteiger partial charge >= 0.3 is 0 Å². The fraction of sp³-hybridized carbons (Fsp3) is 0.286. The molecule has 1 heterocycles. The molecule has 4 rings (SSSR count). The van der Waals surface area contributed by atoms with Crippen LogP contribution in [0, 0.1) is 5.82 Å². The van der Waals surface area contributed by atoms with Crippen LogP contribution in [0.5, 0.6) is 0 Å². The number of hydrogen-bond acceptors (Lipinski definition) is 4. The zero-order valence-electron chi connectivity index (χ0n) is 14.8. The number of aromatic nitrogens is 2. The lowest BCUT2D eigenvalue weighted by atomic mass is 10.1. The molecule has 0 atom stereocenters. The van der Waals surface area contributed by atoms with E-state index in [1.54, 1.807) is 12.1 Å². The van der Waals surface area contributed by atoms with Crippen molar-refractivity contribution in [3.05, 3.63) is 65.8 Å². The summed E-state index contributed by atoms with van der Waals surface area (Å²) in [5, 5.41) is 6.95. The van der Waals surface area contributed by atoms with Gasteiger partial charge in [-0.3, -0.25) is 4.79 Å². The van der Waals surface area contributed by atoms with Gasteiger partial charge in [0.2, 0.25) is 17.6 Å². The average molecular weight is 365 g/mol. The third-order valence-electron chi connectivity index (χ3n) is 4.83. The van der Waals surface area contributed by atoms with Crippen LogP contribution in [0.4, 0.5) is 10.1 Å². The summed E-state index contributed by atoms with van der Waals surface area (Å²) in [6.07, 6.45) is 4.79. The van der Waals surface area contributed by atoms with Crippen LogP contribution < -0.4 is 5.32 Å². The van der Waals surface area contributed by atoms with Crippen molar-refractivity contribution < 1.29 is 13.7 Å². The fourth-order valence-electron chi connectivity index (χ4n) is 3.42. The lowest BCUT2D eigenvalue weighted by Gasteiger charge is -2.06. The second kappa shape index (κ2) is 7.70. The van der Waals surface area contributed by atoms with E-state index in [-0.39, 0.29) is 18.1 Å². The highest BCUT2D eigenvalue weighted by atomic mass is 19.1. The zero-order chi connectivity index (χ0) is 18.6. The smallest absolute Gasteiger partial charge is 0.230 e. The molecule has 0 spiro atoms. The van der Waals surface area contributed by atoms with Gasteiger partial charge in [-0.25, -0.2) is 4.39 Å². The molecule has 0 saturated heterocycles.